The molecular formula is C16H17N3O4. The van der Waals surface area contributed by atoms with Crippen LogP contribution in [0.3, 0.4) is 0 Å². The van der Waals surface area contributed by atoms with Crippen LogP contribution in [0, 0.1) is 17.0 Å². The number of carbonyl (C=O) groups excluding carboxylic acids is 1. The molecule has 0 bridgehead atoms. The SMILES string of the molecule is Cc1ncc([N+](=O)[O-])cc1C(=O)NCCCc1ccc(O)cc1. The van der Waals surface area contributed by atoms with E-state index in [1.165, 1.54) is 6.07 Å². The highest BCUT2D eigenvalue weighted by molar-refractivity contribution is 5.95. The minimum Gasteiger partial charge on any atom is -0.508 e. The van der Waals surface area contributed by atoms with Gasteiger partial charge in [-0.1, -0.05) is 12.1 Å². The van der Waals surface area contributed by atoms with Crippen molar-refractivity contribution in [3.63, 3.8) is 0 Å². The van der Waals surface area contributed by atoms with Gasteiger partial charge in [-0.05, 0) is 37.5 Å². The summed E-state index contributed by atoms with van der Waals surface area (Å²) in [6.07, 6.45) is 2.61. The van der Waals surface area contributed by atoms with Gasteiger partial charge in [-0.15, -0.1) is 0 Å². The molecule has 23 heavy (non-hydrogen) atoms. The number of nitrogens with one attached hydrogen (secondary N) is 1. The number of aromatic hydroxyl groups is 1. The molecule has 1 aromatic carbocycles. The lowest BCUT2D eigenvalue weighted by molar-refractivity contribution is -0.385. The molecule has 2 rings (SSSR count). The molecule has 0 spiro atoms. The second kappa shape index (κ2) is 7.35. The van der Waals surface area contributed by atoms with Crippen LogP contribution >= 0.6 is 0 Å². The van der Waals surface area contributed by atoms with Crippen LogP contribution in [0.25, 0.3) is 0 Å². The fraction of sp³-hybridized carbons (Fsp3) is 0.250. The van der Waals surface area contributed by atoms with Gasteiger partial charge in [0, 0.05) is 12.6 Å². The Hall–Kier alpha value is -2.96. The normalized spacial score (nSPS) is 10.3. The molecule has 0 atom stereocenters. The van der Waals surface area contributed by atoms with Gasteiger partial charge < -0.3 is 10.4 Å². The van der Waals surface area contributed by atoms with Crippen molar-refractivity contribution in [2.24, 2.45) is 0 Å². The predicted molar refractivity (Wildman–Crippen MR) is 84.4 cm³/mol. The van der Waals surface area contributed by atoms with E-state index in [4.69, 9.17) is 0 Å². The zero-order chi connectivity index (χ0) is 16.8. The van der Waals surface area contributed by atoms with Crippen molar-refractivity contribution in [2.75, 3.05) is 6.54 Å². The summed E-state index contributed by atoms with van der Waals surface area (Å²) in [6.45, 7) is 2.08. The van der Waals surface area contributed by atoms with Crippen molar-refractivity contribution in [2.45, 2.75) is 19.8 Å². The highest BCUT2D eigenvalue weighted by atomic mass is 16.6. The van der Waals surface area contributed by atoms with Crippen molar-refractivity contribution in [1.29, 1.82) is 0 Å². The van der Waals surface area contributed by atoms with Crippen molar-refractivity contribution < 1.29 is 14.8 Å². The van der Waals surface area contributed by atoms with Crippen molar-refractivity contribution >= 4 is 11.6 Å². The maximum Gasteiger partial charge on any atom is 0.288 e. The molecule has 2 aromatic rings. The topological polar surface area (TPSA) is 105 Å². The van der Waals surface area contributed by atoms with E-state index < -0.39 is 4.92 Å². The largest absolute Gasteiger partial charge is 0.508 e. The van der Waals surface area contributed by atoms with E-state index in [0.717, 1.165) is 24.6 Å². The molecule has 0 aliphatic rings. The van der Waals surface area contributed by atoms with E-state index in [0.29, 0.717) is 12.2 Å². The minimum absolute atomic E-state index is 0.204. The van der Waals surface area contributed by atoms with Gasteiger partial charge in [-0.2, -0.15) is 0 Å². The van der Waals surface area contributed by atoms with Crippen LogP contribution < -0.4 is 5.32 Å². The first-order chi connectivity index (χ1) is 11.0. The van der Waals surface area contributed by atoms with Crippen LogP contribution in [0.4, 0.5) is 5.69 Å². The number of nitro groups is 1. The van der Waals surface area contributed by atoms with E-state index in [1.54, 1.807) is 19.1 Å². The number of carbonyl (C=O) groups is 1. The first kappa shape index (κ1) is 16.4. The highest BCUT2D eigenvalue weighted by Crippen LogP contribution is 2.15. The summed E-state index contributed by atoms with van der Waals surface area (Å²) in [6, 6.07) is 8.12. The average molecular weight is 315 g/mol. The molecule has 0 fully saturated rings. The highest BCUT2D eigenvalue weighted by Gasteiger charge is 2.15. The van der Waals surface area contributed by atoms with Crippen molar-refractivity contribution in [3.05, 3.63) is 63.5 Å². The molecule has 1 heterocycles. The number of rotatable bonds is 6. The maximum atomic E-state index is 12.1. The van der Waals surface area contributed by atoms with Gasteiger partial charge >= 0.3 is 0 Å². The van der Waals surface area contributed by atoms with Gasteiger partial charge in [-0.3, -0.25) is 19.9 Å². The summed E-state index contributed by atoms with van der Waals surface area (Å²) < 4.78 is 0. The molecule has 2 N–H and O–H groups in total. The van der Waals surface area contributed by atoms with Crippen LogP contribution in [-0.2, 0) is 6.42 Å². The predicted octanol–water partition coefficient (Wildman–Crippen LogP) is 2.37. The number of amides is 1. The van der Waals surface area contributed by atoms with Crippen molar-refractivity contribution in [3.8, 4) is 5.75 Å². The zero-order valence-electron chi connectivity index (χ0n) is 12.7. The van der Waals surface area contributed by atoms with Gasteiger partial charge in [0.15, 0.2) is 0 Å². The molecule has 0 saturated heterocycles. The molecule has 1 amide bonds. The number of aromatic nitrogens is 1. The van der Waals surface area contributed by atoms with E-state index >= 15 is 0 Å². The van der Waals surface area contributed by atoms with Gasteiger partial charge in [0.1, 0.15) is 11.9 Å². The Morgan fingerprint density at radius 1 is 1.35 bits per heavy atom. The minimum atomic E-state index is -0.575. The summed E-state index contributed by atoms with van der Waals surface area (Å²) in [7, 11) is 0. The smallest absolute Gasteiger partial charge is 0.288 e. The first-order valence-corrected chi connectivity index (χ1v) is 7.14. The Kier molecular flexibility index (Phi) is 5.24. The standard InChI is InChI=1S/C16H17N3O4/c1-11-15(9-13(10-18-11)19(22)23)16(21)17-8-2-3-12-4-6-14(20)7-5-12/h4-7,9-10,20H,2-3,8H2,1H3,(H,17,21). The van der Waals surface area contributed by atoms with Crippen LogP contribution in [0.5, 0.6) is 5.75 Å². The van der Waals surface area contributed by atoms with E-state index in [9.17, 15) is 20.0 Å². The third kappa shape index (κ3) is 4.50. The van der Waals surface area contributed by atoms with E-state index in [1.807, 2.05) is 12.1 Å². The van der Waals surface area contributed by atoms with Gasteiger partial charge in [0.25, 0.3) is 11.6 Å². The van der Waals surface area contributed by atoms with Gasteiger partial charge in [0.05, 0.1) is 16.2 Å². The Labute approximate surface area is 133 Å². The summed E-state index contributed by atoms with van der Waals surface area (Å²) in [5.41, 5.74) is 1.52. The second-order valence-electron chi connectivity index (χ2n) is 5.11. The number of hydrogen-bond donors (Lipinski definition) is 2. The van der Waals surface area contributed by atoms with Crippen LogP contribution in [0.15, 0.2) is 36.5 Å². The molecule has 1 aromatic heterocycles. The number of aryl methyl sites for hydroxylation is 2. The molecule has 0 saturated carbocycles. The first-order valence-electron chi connectivity index (χ1n) is 7.14. The molecular weight excluding hydrogens is 298 g/mol. The maximum absolute atomic E-state index is 12.1. The Morgan fingerprint density at radius 3 is 2.70 bits per heavy atom. The number of hydrogen-bond acceptors (Lipinski definition) is 5. The summed E-state index contributed by atoms with van der Waals surface area (Å²) in [5.74, 6) is -0.153. The number of phenolic OH excluding ortho intramolecular Hbond substituents is 1. The summed E-state index contributed by atoms with van der Waals surface area (Å²) in [5, 5.41) is 22.7. The lowest BCUT2D eigenvalue weighted by atomic mass is 10.1. The lowest BCUT2D eigenvalue weighted by Gasteiger charge is -2.07. The molecule has 7 nitrogen and oxygen atoms in total. The molecule has 0 radical (unpaired) electrons. The molecule has 7 heteroatoms. The summed E-state index contributed by atoms with van der Waals surface area (Å²) >= 11 is 0. The number of pyridine rings is 1. The average Bonchev–Trinajstić information content (AvgIpc) is 2.53. The Morgan fingerprint density at radius 2 is 2.04 bits per heavy atom. The van der Waals surface area contributed by atoms with E-state index in [2.05, 4.69) is 10.3 Å². The van der Waals surface area contributed by atoms with E-state index in [-0.39, 0.29) is 22.9 Å². The monoisotopic (exact) mass is 315 g/mol. The quantitative estimate of drug-likeness (QED) is 0.483. The molecule has 0 aliphatic carbocycles. The number of benzene rings is 1. The Balaban J connectivity index is 1.88. The number of phenols is 1. The number of nitrogens with zero attached hydrogens (tertiary/aromatic N) is 2. The second-order valence-corrected chi connectivity index (χ2v) is 5.11. The molecule has 0 aliphatic heterocycles. The van der Waals surface area contributed by atoms with Crippen LogP contribution in [-0.4, -0.2) is 27.5 Å². The third-order valence-electron chi connectivity index (χ3n) is 3.39. The van der Waals surface area contributed by atoms with Crippen LogP contribution in [0.1, 0.15) is 28.0 Å². The molecule has 120 valence electrons. The lowest BCUT2D eigenvalue weighted by Crippen LogP contribution is -2.26. The third-order valence-corrected chi connectivity index (χ3v) is 3.39. The van der Waals surface area contributed by atoms with Crippen LogP contribution in [0.2, 0.25) is 0 Å². The Bertz CT molecular complexity index is 714. The summed E-state index contributed by atoms with van der Waals surface area (Å²) in [4.78, 5) is 26.1. The van der Waals surface area contributed by atoms with Gasteiger partial charge in [-0.25, -0.2) is 0 Å². The fourth-order valence-corrected chi connectivity index (χ4v) is 2.10. The molecule has 0 unspecified atom stereocenters. The van der Waals surface area contributed by atoms with Gasteiger partial charge in [0.2, 0.25) is 0 Å². The fourth-order valence-electron chi connectivity index (χ4n) is 2.10. The van der Waals surface area contributed by atoms with Crippen molar-refractivity contribution in [1.82, 2.24) is 10.3 Å². The zero-order valence-corrected chi connectivity index (χ0v) is 12.7.